The number of rotatable bonds is 7. The number of amides is 1. The molecule has 2 aromatic rings. The Bertz CT molecular complexity index is 732. The molecule has 0 fully saturated rings. The number of ether oxygens (including phenoxy) is 1. The Kier molecular flexibility index (Phi) is 8.19. The van der Waals surface area contributed by atoms with E-state index in [1.807, 2.05) is 42.5 Å². The number of carbonyl (C=O) groups excluding carboxylic acids is 1. The molecule has 0 saturated carbocycles. The van der Waals surface area contributed by atoms with Crippen molar-refractivity contribution in [2.45, 2.75) is 12.8 Å². The second-order valence-corrected chi connectivity index (χ2v) is 6.15. The van der Waals surface area contributed by atoms with Crippen molar-refractivity contribution in [2.24, 2.45) is 0 Å². The number of nitrogens with one attached hydrogen (secondary N) is 2. The van der Waals surface area contributed by atoms with E-state index in [2.05, 4.69) is 28.8 Å². The summed E-state index contributed by atoms with van der Waals surface area (Å²) in [7, 11) is 0. The lowest BCUT2D eigenvalue weighted by atomic mass is 10.0. The Hall–Kier alpha value is -2.30. The lowest BCUT2D eigenvalue weighted by Gasteiger charge is -2.15. The van der Waals surface area contributed by atoms with Gasteiger partial charge in [-0.1, -0.05) is 60.2 Å². The van der Waals surface area contributed by atoms with Crippen LogP contribution in [-0.4, -0.2) is 32.1 Å². The first kappa shape index (κ1) is 20.0. The second kappa shape index (κ2) is 10.6. The van der Waals surface area contributed by atoms with Gasteiger partial charge in [-0.15, -0.1) is 12.4 Å². The van der Waals surface area contributed by atoms with Crippen LogP contribution in [0.5, 0.6) is 5.75 Å². The fourth-order valence-corrected chi connectivity index (χ4v) is 2.84. The Morgan fingerprint density at radius 3 is 2.62 bits per heavy atom. The van der Waals surface area contributed by atoms with Crippen LogP contribution >= 0.6 is 12.4 Å². The van der Waals surface area contributed by atoms with E-state index in [0.29, 0.717) is 6.54 Å². The molecule has 1 aliphatic rings. The van der Waals surface area contributed by atoms with Gasteiger partial charge in [-0.05, 0) is 30.2 Å². The largest absolute Gasteiger partial charge is 0.483 e. The van der Waals surface area contributed by atoms with Gasteiger partial charge in [0.05, 0.1) is 0 Å². The van der Waals surface area contributed by atoms with Gasteiger partial charge in [0.2, 0.25) is 0 Å². The van der Waals surface area contributed by atoms with E-state index in [4.69, 9.17) is 4.74 Å². The smallest absolute Gasteiger partial charge is 0.258 e. The summed E-state index contributed by atoms with van der Waals surface area (Å²) >= 11 is 0. The van der Waals surface area contributed by atoms with Crippen LogP contribution in [0.2, 0.25) is 0 Å². The van der Waals surface area contributed by atoms with E-state index < -0.39 is 0 Å². The highest BCUT2D eigenvalue weighted by molar-refractivity contribution is 5.85. The Morgan fingerprint density at radius 2 is 1.85 bits per heavy atom. The minimum atomic E-state index is -0.0889. The Balaban J connectivity index is 0.00000243. The van der Waals surface area contributed by atoms with Crippen molar-refractivity contribution in [3.63, 3.8) is 0 Å². The predicted molar refractivity (Wildman–Crippen MR) is 107 cm³/mol. The van der Waals surface area contributed by atoms with Gasteiger partial charge in [0.15, 0.2) is 6.61 Å². The maximum absolute atomic E-state index is 12.0. The normalized spacial score (nSPS) is 13.3. The van der Waals surface area contributed by atoms with Gasteiger partial charge in [0.1, 0.15) is 5.75 Å². The SMILES string of the molecule is Cl.O=C(COc1ccccc1Cc1ccccc1)NCC1=CCNCC1. The fourth-order valence-electron chi connectivity index (χ4n) is 2.84. The summed E-state index contributed by atoms with van der Waals surface area (Å²) in [6, 6.07) is 18.1. The van der Waals surface area contributed by atoms with Crippen LogP contribution in [-0.2, 0) is 11.2 Å². The summed E-state index contributed by atoms with van der Waals surface area (Å²) in [5, 5.41) is 6.19. The third-order valence-corrected chi connectivity index (χ3v) is 4.24. The number of benzene rings is 2. The topological polar surface area (TPSA) is 50.4 Å². The highest BCUT2D eigenvalue weighted by Gasteiger charge is 2.09. The Labute approximate surface area is 161 Å². The van der Waals surface area contributed by atoms with E-state index >= 15 is 0 Å². The monoisotopic (exact) mass is 372 g/mol. The highest BCUT2D eigenvalue weighted by Crippen LogP contribution is 2.21. The molecule has 0 unspecified atom stereocenters. The predicted octanol–water partition coefficient (Wildman–Crippen LogP) is 3.11. The molecule has 1 aliphatic heterocycles. The molecule has 1 heterocycles. The first-order valence-electron chi connectivity index (χ1n) is 8.71. The lowest BCUT2D eigenvalue weighted by molar-refractivity contribution is -0.122. The zero-order valence-electron chi connectivity index (χ0n) is 14.7. The fraction of sp³-hybridized carbons (Fsp3) is 0.286. The van der Waals surface area contributed by atoms with Crippen LogP contribution in [0.4, 0.5) is 0 Å². The molecule has 3 rings (SSSR count). The molecule has 0 spiro atoms. The first-order valence-corrected chi connectivity index (χ1v) is 8.71. The number of para-hydroxylation sites is 1. The summed E-state index contributed by atoms with van der Waals surface area (Å²) in [5.74, 6) is 0.677. The van der Waals surface area contributed by atoms with Crippen molar-refractivity contribution in [3.8, 4) is 5.75 Å². The number of carbonyl (C=O) groups is 1. The maximum atomic E-state index is 12.0. The minimum Gasteiger partial charge on any atom is -0.483 e. The summed E-state index contributed by atoms with van der Waals surface area (Å²) in [4.78, 5) is 12.0. The van der Waals surface area contributed by atoms with Crippen LogP contribution in [0.15, 0.2) is 66.2 Å². The molecule has 0 atom stereocenters. The molecule has 0 radical (unpaired) electrons. The molecule has 0 bridgehead atoms. The number of hydrogen-bond donors (Lipinski definition) is 2. The van der Waals surface area contributed by atoms with Crippen LogP contribution in [0.25, 0.3) is 0 Å². The summed E-state index contributed by atoms with van der Waals surface area (Å²) < 4.78 is 5.77. The van der Waals surface area contributed by atoms with E-state index in [1.54, 1.807) is 0 Å². The molecule has 2 aromatic carbocycles. The van der Waals surface area contributed by atoms with E-state index in [1.165, 1.54) is 11.1 Å². The number of hydrogen-bond acceptors (Lipinski definition) is 3. The summed E-state index contributed by atoms with van der Waals surface area (Å²) in [5.41, 5.74) is 3.58. The molecule has 26 heavy (non-hydrogen) atoms. The molecule has 1 amide bonds. The van der Waals surface area contributed by atoms with Crippen molar-refractivity contribution >= 4 is 18.3 Å². The molecular weight excluding hydrogens is 348 g/mol. The van der Waals surface area contributed by atoms with Gasteiger partial charge in [-0.2, -0.15) is 0 Å². The van der Waals surface area contributed by atoms with Gasteiger partial charge in [-0.25, -0.2) is 0 Å². The Morgan fingerprint density at radius 1 is 1.08 bits per heavy atom. The maximum Gasteiger partial charge on any atom is 0.258 e. The van der Waals surface area contributed by atoms with Gasteiger partial charge in [0.25, 0.3) is 5.91 Å². The van der Waals surface area contributed by atoms with Crippen molar-refractivity contribution < 1.29 is 9.53 Å². The third kappa shape index (κ3) is 6.21. The average Bonchev–Trinajstić information content (AvgIpc) is 2.67. The lowest BCUT2D eigenvalue weighted by Crippen LogP contribution is -2.32. The van der Waals surface area contributed by atoms with Crippen molar-refractivity contribution in [1.29, 1.82) is 0 Å². The van der Waals surface area contributed by atoms with Gasteiger partial charge in [-0.3, -0.25) is 4.79 Å². The molecular formula is C21H25ClN2O2. The van der Waals surface area contributed by atoms with E-state index in [-0.39, 0.29) is 24.9 Å². The van der Waals surface area contributed by atoms with Gasteiger partial charge >= 0.3 is 0 Å². The van der Waals surface area contributed by atoms with Crippen molar-refractivity contribution in [3.05, 3.63) is 77.4 Å². The van der Waals surface area contributed by atoms with E-state index in [9.17, 15) is 4.79 Å². The standard InChI is InChI=1S/C21H24N2O2.ClH/c24-21(23-15-18-10-12-22-13-11-18)16-25-20-9-5-4-8-19(20)14-17-6-2-1-3-7-17;/h1-10,22H,11-16H2,(H,23,24);1H. The second-order valence-electron chi connectivity index (χ2n) is 6.15. The quantitative estimate of drug-likeness (QED) is 0.734. The molecule has 4 nitrogen and oxygen atoms in total. The van der Waals surface area contributed by atoms with Gasteiger partial charge < -0.3 is 15.4 Å². The number of halogens is 1. The minimum absolute atomic E-state index is 0. The summed E-state index contributed by atoms with van der Waals surface area (Å²) in [6.07, 6.45) is 3.92. The molecule has 0 saturated heterocycles. The molecule has 138 valence electrons. The zero-order valence-corrected chi connectivity index (χ0v) is 15.6. The highest BCUT2D eigenvalue weighted by atomic mass is 35.5. The summed E-state index contributed by atoms with van der Waals surface area (Å²) in [6.45, 7) is 2.51. The third-order valence-electron chi connectivity index (χ3n) is 4.24. The first-order chi connectivity index (χ1) is 12.3. The molecule has 0 aliphatic carbocycles. The van der Waals surface area contributed by atoms with Crippen LogP contribution in [0.1, 0.15) is 17.5 Å². The molecule has 0 aromatic heterocycles. The van der Waals surface area contributed by atoms with Gasteiger partial charge in [0, 0.05) is 19.5 Å². The average molecular weight is 373 g/mol. The van der Waals surface area contributed by atoms with Crippen LogP contribution < -0.4 is 15.4 Å². The van der Waals surface area contributed by atoms with Crippen LogP contribution in [0, 0.1) is 0 Å². The van der Waals surface area contributed by atoms with Crippen molar-refractivity contribution in [1.82, 2.24) is 10.6 Å². The molecule has 2 N–H and O–H groups in total. The van der Waals surface area contributed by atoms with Crippen LogP contribution in [0.3, 0.4) is 0 Å². The molecule has 5 heteroatoms. The van der Waals surface area contributed by atoms with E-state index in [0.717, 1.165) is 37.2 Å². The van der Waals surface area contributed by atoms with Crippen molar-refractivity contribution in [2.75, 3.05) is 26.2 Å². The zero-order chi connectivity index (χ0) is 17.3.